The Morgan fingerprint density at radius 1 is 0.667 bits per heavy atom. The molecule has 2 rings (SSSR count). The molecule has 0 fully saturated rings. The summed E-state index contributed by atoms with van der Waals surface area (Å²) >= 11 is 0. The quantitative estimate of drug-likeness (QED) is 0.540. The first kappa shape index (κ1) is 25.6. The largest absolute Gasteiger partial charge is 2.00 e. The Morgan fingerprint density at radius 3 is 1.15 bits per heavy atom. The van der Waals surface area contributed by atoms with E-state index < -0.39 is 41.5 Å². The van der Waals surface area contributed by atoms with Crippen LogP contribution in [0.2, 0.25) is 0 Å². The maximum atomic E-state index is 10.6. The Balaban J connectivity index is 0.000000483. The molecule has 0 amide bonds. The molecule has 2 aromatic rings. The van der Waals surface area contributed by atoms with Gasteiger partial charge in [0.1, 0.15) is 31.7 Å². The van der Waals surface area contributed by atoms with Gasteiger partial charge in [0.05, 0.1) is 9.79 Å². The van der Waals surface area contributed by atoms with Crippen molar-refractivity contribution in [2.75, 3.05) is 0 Å². The Bertz CT molecular complexity index is 959. The number of rotatable bonds is 2. The molecule has 0 heterocycles. The molecule has 0 unspecified atom stereocenters. The molecule has 0 aromatic heterocycles. The Morgan fingerprint density at radius 2 is 0.926 bits per heavy atom. The van der Waals surface area contributed by atoms with Gasteiger partial charge in [-0.15, -0.1) is 0 Å². The third-order valence-electron chi connectivity index (χ3n) is 3.87. The first-order valence-electron chi connectivity index (χ1n) is 7.18. The third-order valence-corrected chi connectivity index (χ3v) is 5.60. The van der Waals surface area contributed by atoms with Crippen LogP contribution >= 0.6 is 0 Å². The molecule has 0 bridgehead atoms. The Kier molecular flexibility index (Phi) is 8.74. The summed E-state index contributed by atoms with van der Waals surface area (Å²) in [5.74, 6) is -0.898. The standard InChI is InChI=1S/2C8H10O4S.Mg/c2*1-5-3-4-7(13(10,11)12)8(9)6(5)2;/h2*3-4,9H,1-2H3,(H,10,11,12);/q;;+2/p-2. The summed E-state index contributed by atoms with van der Waals surface area (Å²) < 4.78 is 63.6. The molecule has 0 saturated heterocycles. The average Bonchev–Trinajstić information content (AvgIpc) is 2.48. The van der Waals surface area contributed by atoms with E-state index in [9.17, 15) is 36.2 Å². The van der Waals surface area contributed by atoms with Crippen LogP contribution in [0.1, 0.15) is 22.3 Å². The summed E-state index contributed by atoms with van der Waals surface area (Å²) in [5.41, 5.74) is 2.31. The van der Waals surface area contributed by atoms with E-state index in [1.165, 1.54) is 12.1 Å². The summed E-state index contributed by atoms with van der Waals surface area (Å²) in [7, 11) is -9.15. The van der Waals surface area contributed by atoms with Crippen molar-refractivity contribution in [3.63, 3.8) is 0 Å². The van der Waals surface area contributed by atoms with Crippen LogP contribution in [-0.4, -0.2) is 59.2 Å². The minimum Gasteiger partial charge on any atom is -0.744 e. The number of hydrogen-bond acceptors (Lipinski definition) is 8. The molecule has 0 aliphatic carbocycles. The van der Waals surface area contributed by atoms with E-state index in [1.54, 1.807) is 27.7 Å². The smallest absolute Gasteiger partial charge is 0.744 e. The van der Waals surface area contributed by atoms with Gasteiger partial charge in [-0.05, 0) is 62.1 Å². The first-order chi connectivity index (χ1) is 11.7. The van der Waals surface area contributed by atoms with Crippen molar-refractivity contribution >= 4 is 43.3 Å². The van der Waals surface area contributed by atoms with Gasteiger partial charge >= 0.3 is 23.1 Å². The molecular formula is C16H18MgO8S2. The van der Waals surface area contributed by atoms with Gasteiger partial charge in [0.25, 0.3) is 0 Å². The molecule has 0 aliphatic heterocycles. The van der Waals surface area contributed by atoms with Crippen molar-refractivity contribution in [2.24, 2.45) is 0 Å². The zero-order valence-corrected chi connectivity index (χ0v) is 18.2. The summed E-state index contributed by atoms with van der Waals surface area (Å²) in [6.07, 6.45) is 0. The summed E-state index contributed by atoms with van der Waals surface area (Å²) in [6, 6.07) is 5.19. The van der Waals surface area contributed by atoms with E-state index >= 15 is 0 Å². The number of phenols is 2. The van der Waals surface area contributed by atoms with Gasteiger partial charge in [-0.3, -0.25) is 0 Å². The zero-order valence-electron chi connectivity index (χ0n) is 15.2. The fourth-order valence-electron chi connectivity index (χ4n) is 1.96. The van der Waals surface area contributed by atoms with Gasteiger partial charge in [0, 0.05) is 0 Å². The van der Waals surface area contributed by atoms with E-state index in [2.05, 4.69) is 0 Å². The first-order valence-corrected chi connectivity index (χ1v) is 9.99. The van der Waals surface area contributed by atoms with Gasteiger partial charge in [-0.25, -0.2) is 16.8 Å². The van der Waals surface area contributed by atoms with Crippen molar-refractivity contribution in [3.8, 4) is 11.5 Å². The summed E-state index contributed by atoms with van der Waals surface area (Å²) in [5, 5.41) is 18.7. The van der Waals surface area contributed by atoms with E-state index in [4.69, 9.17) is 0 Å². The molecule has 2 N–H and O–H groups in total. The average molecular weight is 427 g/mol. The van der Waals surface area contributed by atoms with Crippen LogP contribution in [0.4, 0.5) is 0 Å². The van der Waals surface area contributed by atoms with E-state index in [0.717, 1.165) is 23.3 Å². The minimum atomic E-state index is -4.57. The normalized spacial score (nSPS) is 11.2. The minimum absolute atomic E-state index is 0. The van der Waals surface area contributed by atoms with E-state index in [-0.39, 0.29) is 23.1 Å². The van der Waals surface area contributed by atoms with Crippen molar-refractivity contribution in [1.82, 2.24) is 0 Å². The topological polar surface area (TPSA) is 155 Å². The fraction of sp³-hybridized carbons (Fsp3) is 0.250. The van der Waals surface area contributed by atoms with Crippen LogP contribution in [0, 0.1) is 27.7 Å². The zero-order chi connectivity index (χ0) is 20.4. The third kappa shape index (κ3) is 6.33. The Hall–Kier alpha value is -1.37. The summed E-state index contributed by atoms with van der Waals surface area (Å²) in [6.45, 7) is 6.55. The molecule has 0 spiro atoms. The van der Waals surface area contributed by atoms with Gasteiger partial charge in [-0.2, -0.15) is 0 Å². The number of phenolic OH excluding ortho intramolecular Hbond substituents is 2. The predicted molar refractivity (Wildman–Crippen MR) is 96.8 cm³/mol. The SMILES string of the molecule is Cc1ccc(S(=O)(=O)[O-])c(O)c1C.Cc1ccc(S(=O)(=O)[O-])c(O)c1C.[Mg+2]. The van der Waals surface area contributed by atoms with Crippen molar-refractivity contribution in [2.45, 2.75) is 37.5 Å². The molecule has 0 saturated carbocycles. The molecule has 0 aliphatic rings. The molecule has 8 nitrogen and oxygen atoms in total. The predicted octanol–water partition coefficient (Wildman–Crippen LogP) is 1.45. The molecule has 27 heavy (non-hydrogen) atoms. The van der Waals surface area contributed by atoms with Gasteiger partial charge in [0.2, 0.25) is 0 Å². The van der Waals surface area contributed by atoms with Crippen LogP contribution in [-0.2, 0) is 20.2 Å². The van der Waals surface area contributed by atoms with Gasteiger partial charge in [-0.1, -0.05) is 12.1 Å². The molecule has 2 aromatic carbocycles. The van der Waals surface area contributed by atoms with Gasteiger partial charge < -0.3 is 19.3 Å². The van der Waals surface area contributed by atoms with Crippen molar-refractivity contribution in [3.05, 3.63) is 46.5 Å². The monoisotopic (exact) mass is 426 g/mol. The van der Waals surface area contributed by atoms with Gasteiger partial charge in [0.15, 0.2) is 0 Å². The molecule has 144 valence electrons. The second kappa shape index (κ2) is 9.21. The summed E-state index contributed by atoms with van der Waals surface area (Å²) in [4.78, 5) is -1.12. The van der Waals surface area contributed by atoms with E-state index in [1.807, 2.05) is 0 Å². The van der Waals surface area contributed by atoms with Crippen LogP contribution in [0.15, 0.2) is 34.1 Å². The molecule has 0 atom stereocenters. The molecular weight excluding hydrogens is 409 g/mol. The molecule has 11 heteroatoms. The van der Waals surface area contributed by atoms with Crippen LogP contribution in [0.25, 0.3) is 0 Å². The van der Waals surface area contributed by atoms with Crippen molar-refractivity contribution in [1.29, 1.82) is 0 Å². The number of benzene rings is 2. The number of aromatic hydroxyl groups is 2. The second-order valence-electron chi connectivity index (χ2n) is 5.62. The number of aryl methyl sites for hydroxylation is 2. The van der Waals surface area contributed by atoms with Crippen LogP contribution in [0.5, 0.6) is 11.5 Å². The Labute approximate surface area is 174 Å². The maximum absolute atomic E-state index is 10.6. The fourth-order valence-corrected chi connectivity index (χ4v) is 3.21. The second-order valence-corrected chi connectivity index (χ2v) is 8.31. The maximum Gasteiger partial charge on any atom is 2.00 e. The number of hydrogen-bond donors (Lipinski definition) is 2. The molecule has 0 radical (unpaired) electrons. The van der Waals surface area contributed by atoms with Crippen molar-refractivity contribution < 1.29 is 36.2 Å². The van der Waals surface area contributed by atoms with Crippen LogP contribution < -0.4 is 0 Å². The van der Waals surface area contributed by atoms with Crippen LogP contribution in [0.3, 0.4) is 0 Å². The van der Waals surface area contributed by atoms with E-state index in [0.29, 0.717) is 11.1 Å².